The minimum atomic E-state index is -1.10. The summed E-state index contributed by atoms with van der Waals surface area (Å²) < 4.78 is 5.06. The summed E-state index contributed by atoms with van der Waals surface area (Å²) in [6, 6.07) is 2.41. The normalized spacial score (nSPS) is 11.6. The van der Waals surface area contributed by atoms with Crippen molar-refractivity contribution < 1.29 is 19.4 Å². The molecule has 1 aromatic rings. The predicted octanol–water partition coefficient (Wildman–Crippen LogP) is 0.140. The quantitative estimate of drug-likeness (QED) is 0.688. The van der Waals surface area contributed by atoms with Crippen molar-refractivity contribution in [2.24, 2.45) is 0 Å². The number of carbonyl (C=O) groups is 2. The van der Waals surface area contributed by atoms with Gasteiger partial charge in [0.15, 0.2) is 0 Å². The zero-order valence-electron chi connectivity index (χ0n) is 9.64. The second kappa shape index (κ2) is 5.83. The van der Waals surface area contributed by atoms with Gasteiger partial charge in [0.2, 0.25) is 6.41 Å². The summed E-state index contributed by atoms with van der Waals surface area (Å²) in [5.74, 6) is -0.484. The number of aromatic nitrogens is 1. The molecule has 1 unspecified atom stereocenters. The molecule has 1 aromatic heterocycles. The van der Waals surface area contributed by atoms with Crippen molar-refractivity contribution in [3.8, 4) is 5.75 Å². The van der Waals surface area contributed by atoms with Crippen LogP contribution in [0.4, 0.5) is 0 Å². The number of carbonyl (C=O) groups excluding carboxylic acids is 1. The van der Waals surface area contributed by atoms with Gasteiger partial charge >= 0.3 is 5.97 Å². The molecule has 0 radical (unpaired) electrons. The van der Waals surface area contributed by atoms with Gasteiger partial charge in [0.05, 0.1) is 7.11 Å². The number of ether oxygens (including phenoxy) is 1. The Hall–Kier alpha value is -2.11. The van der Waals surface area contributed by atoms with E-state index in [0.717, 1.165) is 5.69 Å². The third-order valence-corrected chi connectivity index (χ3v) is 2.20. The summed E-state index contributed by atoms with van der Waals surface area (Å²) in [6.07, 6.45) is 0.484. The van der Waals surface area contributed by atoms with Crippen LogP contribution < -0.4 is 10.1 Å². The molecule has 6 nitrogen and oxygen atoms in total. The molecule has 0 fully saturated rings. The predicted molar refractivity (Wildman–Crippen MR) is 59.9 cm³/mol. The Labute approximate surface area is 98.6 Å². The molecular formula is C11H14N2O4. The monoisotopic (exact) mass is 238 g/mol. The van der Waals surface area contributed by atoms with Crippen LogP contribution >= 0.6 is 0 Å². The fraction of sp³-hybridized carbons (Fsp3) is 0.364. The van der Waals surface area contributed by atoms with E-state index in [-0.39, 0.29) is 6.42 Å². The molecule has 1 heterocycles. The van der Waals surface area contributed by atoms with Crippen LogP contribution in [0.15, 0.2) is 12.1 Å². The Morgan fingerprint density at radius 1 is 1.65 bits per heavy atom. The van der Waals surface area contributed by atoms with E-state index in [1.165, 1.54) is 7.11 Å². The summed E-state index contributed by atoms with van der Waals surface area (Å²) in [6.45, 7) is 1.79. The van der Waals surface area contributed by atoms with E-state index in [2.05, 4.69) is 10.3 Å². The number of hydrogen-bond acceptors (Lipinski definition) is 4. The van der Waals surface area contributed by atoms with Gasteiger partial charge in [-0.1, -0.05) is 0 Å². The lowest BCUT2D eigenvalue weighted by Gasteiger charge is -2.11. The standard InChI is InChI=1S/C11H14N2O4/c1-7-3-9(17-2)4-8(13-7)5-10(11(15)16)12-6-14/h3-4,6,10H,5H2,1-2H3,(H,12,14)(H,15,16). The molecule has 1 rings (SSSR count). The van der Waals surface area contributed by atoms with Crippen molar-refractivity contribution in [1.29, 1.82) is 0 Å². The SMILES string of the molecule is COc1cc(C)nc(CC(NC=O)C(=O)O)c1. The first-order valence-electron chi connectivity index (χ1n) is 5.01. The number of methoxy groups -OCH3 is 1. The van der Waals surface area contributed by atoms with Gasteiger partial charge in [0, 0.05) is 29.9 Å². The maximum absolute atomic E-state index is 10.9. The number of hydrogen-bond donors (Lipinski definition) is 2. The van der Waals surface area contributed by atoms with E-state index >= 15 is 0 Å². The van der Waals surface area contributed by atoms with E-state index < -0.39 is 12.0 Å². The molecule has 92 valence electrons. The van der Waals surface area contributed by atoms with Gasteiger partial charge in [-0.3, -0.25) is 9.78 Å². The highest BCUT2D eigenvalue weighted by molar-refractivity contribution is 5.76. The fourth-order valence-corrected chi connectivity index (χ4v) is 1.43. The summed E-state index contributed by atoms with van der Waals surface area (Å²) in [7, 11) is 1.52. The topological polar surface area (TPSA) is 88.5 Å². The number of carboxylic acids is 1. The second-order valence-electron chi connectivity index (χ2n) is 3.52. The molecule has 0 saturated heterocycles. The third kappa shape index (κ3) is 3.75. The fourth-order valence-electron chi connectivity index (χ4n) is 1.43. The van der Waals surface area contributed by atoms with Gasteiger partial charge in [-0.05, 0) is 6.92 Å². The van der Waals surface area contributed by atoms with Crippen molar-refractivity contribution >= 4 is 12.4 Å². The van der Waals surface area contributed by atoms with Crippen LogP contribution in [-0.2, 0) is 16.0 Å². The van der Waals surface area contributed by atoms with Crippen molar-refractivity contribution in [3.63, 3.8) is 0 Å². The first kappa shape index (κ1) is 13.0. The maximum atomic E-state index is 10.9. The van der Waals surface area contributed by atoms with Crippen LogP contribution in [0.3, 0.4) is 0 Å². The minimum absolute atomic E-state index is 0.117. The highest BCUT2D eigenvalue weighted by Gasteiger charge is 2.18. The van der Waals surface area contributed by atoms with Gasteiger partial charge in [0.1, 0.15) is 11.8 Å². The average molecular weight is 238 g/mol. The first-order chi connectivity index (χ1) is 8.06. The molecule has 0 saturated carbocycles. The lowest BCUT2D eigenvalue weighted by Crippen LogP contribution is -2.37. The molecule has 0 aliphatic heterocycles. The zero-order chi connectivity index (χ0) is 12.8. The van der Waals surface area contributed by atoms with Crippen LogP contribution in [0.1, 0.15) is 11.4 Å². The first-order valence-corrected chi connectivity index (χ1v) is 5.01. The molecular weight excluding hydrogens is 224 g/mol. The number of rotatable bonds is 6. The summed E-state index contributed by atoms with van der Waals surface area (Å²) in [4.78, 5) is 25.3. The Bertz CT molecular complexity index is 420. The molecule has 1 amide bonds. The lowest BCUT2D eigenvalue weighted by atomic mass is 10.1. The molecule has 0 bridgehead atoms. The molecule has 2 N–H and O–H groups in total. The number of nitrogens with zero attached hydrogens (tertiary/aromatic N) is 1. The van der Waals surface area contributed by atoms with Gasteiger partial charge in [-0.2, -0.15) is 0 Å². The number of pyridine rings is 1. The molecule has 0 spiro atoms. The molecule has 0 aliphatic rings. The Morgan fingerprint density at radius 3 is 2.88 bits per heavy atom. The third-order valence-electron chi connectivity index (χ3n) is 2.20. The van der Waals surface area contributed by atoms with E-state index in [9.17, 15) is 9.59 Å². The number of amides is 1. The lowest BCUT2D eigenvalue weighted by molar-refractivity contribution is -0.140. The molecule has 0 aliphatic carbocycles. The number of aryl methyl sites for hydroxylation is 1. The van der Waals surface area contributed by atoms with Crippen molar-refractivity contribution in [2.45, 2.75) is 19.4 Å². The van der Waals surface area contributed by atoms with Gasteiger partial charge in [-0.25, -0.2) is 4.79 Å². The largest absolute Gasteiger partial charge is 0.497 e. The van der Waals surface area contributed by atoms with E-state index in [1.54, 1.807) is 19.1 Å². The Balaban J connectivity index is 2.88. The summed E-state index contributed by atoms with van der Waals surface area (Å²) in [5, 5.41) is 11.1. The Morgan fingerprint density at radius 2 is 2.35 bits per heavy atom. The highest BCUT2D eigenvalue weighted by atomic mass is 16.5. The molecule has 1 atom stereocenters. The number of nitrogens with one attached hydrogen (secondary N) is 1. The Kier molecular flexibility index (Phi) is 4.45. The molecule has 17 heavy (non-hydrogen) atoms. The second-order valence-corrected chi connectivity index (χ2v) is 3.52. The van der Waals surface area contributed by atoms with Crippen LogP contribution in [0.25, 0.3) is 0 Å². The molecule has 6 heteroatoms. The maximum Gasteiger partial charge on any atom is 0.326 e. The van der Waals surface area contributed by atoms with Crippen LogP contribution in [-0.4, -0.2) is 35.6 Å². The molecule has 0 aromatic carbocycles. The van der Waals surface area contributed by atoms with Crippen molar-refractivity contribution in [1.82, 2.24) is 10.3 Å². The van der Waals surface area contributed by atoms with Crippen LogP contribution in [0.2, 0.25) is 0 Å². The van der Waals surface area contributed by atoms with Crippen LogP contribution in [0, 0.1) is 6.92 Å². The number of carboxylic acid groups (broad SMARTS) is 1. The summed E-state index contributed by atoms with van der Waals surface area (Å²) >= 11 is 0. The summed E-state index contributed by atoms with van der Waals surface area (Å²) in [5.41, 5.74) is 1.29. The number of aliphatic carboxylic acids is 1. The van der Waals surface area contributed by atoms with E-state index in [4.69, 9.17) is 9.84 Å². The van der Waals surface area contributed by atoms with E-state index in [0.29, 0.717) is 17.9 Å². The van der Waals surface area contributed by atoms with Crippen LogP contribution in [0.5, 0.6) is 5.75 Å². The smallest absolute Gasteiger partial charge is 0.326 e. The van der Waals surface area contributed by atoms with Crippen molar-refractivity contribution in [3.05, 3.63) is 23.5 Å². The van der Waals surface area contributed by atoms with Gasteiger partial charge in [-0.15, -0.1) is 0 Å². The van der Waals surface area contributed by atoms with Gasteiger partial charge in [0.25, 0.3) is 0 Å². The average Bonchev–Trinajstić information content (AvgIpc) is 2.27. The van der Waals surface area contributed by atoms with E-state index in [1.807, 2.05) is 0 Å². The van der Waals surface area contributed by atoms with Crippen molar-refractivity contribution in [2.75, 3.05) is 7.11 Å². The minimum Gasteiger partial charge on any atom is -0.497 e. The van der Waals surface area contributed by atoms with Gasteiger partial charge < -0.3 is 15.2 Å². The zero-order valence-corrected chi connectivity index (χ0v) is 9.64. The highest BCUT2D eigenvalue weighted by Crippen LogP contribution is 2.14.